The van der Waals surface area contributed by atoms with Crippen LogP contribution >= 0.6 is 0 Å². The molecule has 20 heavy (non-hydrogen) atoms. The highest BCUT2D eigenvalue weighted by Crippen LogP contribution is 2.37. The van der Waals surface area contributed by atoms with E-state index in [9.17, 15) is 4.79 Å². The van der Waals surface area contributed by atoms with Gasteiger partial charge in [0.1, 0.15) is 0 Å². The maximum absolute atomic E-state index is 13.0. The van der Waals surface area contributed by atoms with Crippen LogP contribution in [0.5, 0.6) is 0 Å². The molecular weight excluding hydrogens is 248 g/mol. The molecule has 1 heterocycles. The number of aryl methyl sites for hydroxylation is 1. The summed E-state index contributed by atoms with van der Waals surface area (Å²) in [5, 5.41) is 3.37. The minimum absolute atomic E-state index is 0.168. The Hall–Kier alpha value is -1.35. The Morgan fingerprint density at radius 3 is 2.65 bits per heavy atom. The highest BCUT2D eigenvalue weighted by Gasteiger charge is 2.40. The summed E-state index contributed by atoms with van der Waals surface area (Å²) < 4.78 is 0. The van der Waals surface area contributed by atoms with Gasteiger partial charge in [0.15, 0.2) is 0 Å². The number of hydrogen-bond donors (Lipinski definition) is 1. The van der Waals surface area contributed by atoms with E-state index in [0.29, 0.717) is 0 Å². The van der Waals surface area contributed by atoms with Gasteiger partial charge < -0.3 is 10.2 Å². The first-order chi connectivity index (χ1) is 9.59. The number of amides is 1. The van der Waals surface area contributed by atoms with E-state index < -0.39 is 0 Å². The normalized spacial score (nSPS) is 17.8. The molecular formula is C17H26N2O. The van der Waals surface area contributed by atoms with Crippen LogP contribution in [0.25, 0.3) is 0 Å². The molecule has 0 unspecified atom stereocenters. The number of piperidine rings is 1. The molecule has 0 radical (unpaired) electrons. The average Bonchev–Trinajstić information content (AvgIpc) is 2.47. The molecule has 0 aromatic heterocycles. The molecule has 1 aliphatic heterocycles. The van der Waals surface area contributed by atoms with Gasteiger partial charge in [-0.3, -0.25) is 4.79 Å². The zero-order valence-electron chi connectivity index (χ0n) is 12.9. The van der Waals surface area contributed by atoms with Gasteiger partial charge >= 0.3 is 0 Å². The molecule has 3 heteroatoms. The Morgan fingerprint density at radius 1 is 1.35 bits per heavy atom. The quantitative estimate of drug-likeness (QED) is 0.915. The Morgan fingerprint density at radius 2 is 2.05 bits per heavy atom. The fourth-order valence-corrected chi connectivity index (χ4v) is 3.26. The number of nitrogens with zero attached hydrogens (tertiary/aromatic N) is 1. The first kappa shape index (κ1) is 15.0. The monoisotopic (exact) mass is 274 g/mol. The van der Waals surface area contributed by atoms with Crippen LogP contribution in [0.2, 0.25) is 0 Å². The summed E-state index contributed by atoms with van der Waals surface area (Å²) in [7, 11) is 1.91. The van der Waals surface area contributed by atoms with Crippen LogP contribution in [0.4, 0.5) is 5.69 Å². The molecule has 0 spiro atoms. The fraction of sp³-hybridized carbons (Fsp3) is 0.588. The first-order valence-electron chi connectivity index (χ1n) is 7.64. The van der Waals surface area contributed by atoms with E-state index in [0.717, 1.165) is 44.5 Å². The molecule has 110 valence electrons. The van der Waals surface area contributed by atoms with Gasteiger partial charge in [-0.15, -0.1) is 0 Å². The molecule has 1 N–H and O–H groups in total. The van der Waals surface area contributed by atoms with E-state index >= 15 is 0 Å². The Bertz CT molecular complexity index is 458. The summed E-state index contributed by atoms with van der Waals surface area (Å²) in [5.74, 6) is 0.284. The van der Waals surface area contributed by atoms with Gasteiger partial charge in [0.25, 0.3) is 0 Å². The molecule has 0 atom stereocenters. The van der Waals surface area contributed by atoms with Gasteiger partial charge in [-0.2, -0.15) is 0 Å². The van der Waals surface area contributed by atoms with E-state index in [4.69, 9.17) is 0 Å². The maximum Gasteiger partial charge on any atom is 0.233 e. The lowest BCUT2D eigenvalue weighted by Gasteiger charge is -2.39. The van der Waals surface area contributed by atoms with Crippen molar-refractivity contribution in [2.24, 2.45) is 5.41 Å². The van der Waals surface area contributed by atoms with Gasteiger partial charge in [-0.25, -0.2) is 0 Å². The van der Waals surface area contributed by atoms with E-state index in [2.05, 4.69) is 31.3 Å². The second-order valence-electron chi connectivity index (χ2n) is 5.98. The lowest BCUT2D eigenvalue weighted by Crippen LogP contribution is -2.48. The molecule has 0 aliphatic carbocycles. The molecule has 0 saturated carbocycles. The Kier molecular flexibility index (Phi) is 4.81. The number of nitrogens with one attached hydrogen (secondary N) is 1. The van der Waals surface area contributed by atoms with Crippen LogP contribution in [0.1, 0.15) is 38.2 Å². The Labute approximate surface area is 122 Å². The van der Waals surface area contributed by atoms with Crippen molar-refractivity contribution in [2.75, 3.05) is 25.0 Å². The van der Waals surface area contributed by atoms with Gasteiger partial charge in [-0.05, 0) is 57.0 Å². The summed E-state index contributed by atoms with van der Waals surface area (Å²) in [6.45, 7) is 6.14. The zero-order chi connectivity index (χ0) is 14.6. The molecule has 1 aliphatic rings. The number of anilines is 1. The average molecular weight is 274 g/mol. The molecule has 1 saturated heterocycles. The van der Waals surface area contributed by atoms with Crippen molar-refractivity contribution in [1.29, 1.82) is 0 Å². The lowest BCUT2D eigenvalue weighted by molar-refractivity contribution is -0.130. The molecule has 1 aromatic rings. The SMILES string of the molecule is CCCC1(C(=O)N(C)c2cccc(C)c2)CCNCC1. The minimum Gasteiger partial charge on any atom is -0.317 e. The standard InChI is InChI=1S/C17H26N2O/c1-4-8-17(9-11-18-12-10-17)16(20)19(3)15-7-5-6-14(2)13-15/h5-7,13,18H,4,8-12H2,1-3H3. The van der Waals surface area contributed by atoms with Crippen molar-refractivity contribution in [3.8, 4) is 0 Å². The molecule has 2 rings (SSSR count). The molecule has 0 bridgehead atoms. The predicted molar refractivity (Wildman–Crippen MR) is 84.0 cm³/mol. The van der Waals surface area contributed by atoms with Gasteiger partial charge in [-0.1, -0.05) is 25.5 Å². The third kappa shape index (κ3) is 3.04. The van der Waals surface area contributed by atoms with Crippen LogP contribution in [0.15, 0.2) is 24.3 Å². The van der Waals surface area contributed by atoms with E-state index in [1.165, 1.54) is 5.56 Å². The highest BCUT2D eigenvalue weighted by atomic mass is 16.2. The second-order valence-corrected chi connectivity index (χ2v) is 5.98. The van der Waals surface area contributed by atoms with Gasteiger partial charge in [0.2, 0.25) is 5.91 Å². The van der Waals surface area contributed by atoms with Crippen LogP contribution in [-0.2, 0) is 4.79 Å². The number of hydrogen-bond acceptors (Lipinski definition) is 2. The second kappa shape index (κ2) is 6.40. The third-order valence-corrected chi connectivity index (χ3v) is 4.44. The highest BCUT2D eigenvalue weighted by molar-refractivity contribution is 5.97. The van der Waals surface area contributed by atoms with Gasteiger partial charge in [0, 0.05) is 12.7 Å². The largest absolute Gasteiger partial charge is 0.317 e. The van der Waals surface area contributed by atoms with Crippen LogP contribution in [0, 0.1) is 12.3 Å². The summed E-state index contributed by atoms with van der Waals surface area (Å²) in [5.41, 5.74) is 2.03. The molecule has 1 amide bonds. The minimum atomic E-state index is -0.168. The van der Waals surface area contributed by atoms with E-state index in [1.807, 2.05) is 24.1 Å². The number of carbonyl (C=O) groups excluding carboxylic acids is 1. The van der Waals surface area contributed by atoms with Crippen molar-refractivity contribution in [3.05, 3.63) is 29.8 Å². The van der Waals surface area contributed by atoms with Crippen molar-refractivity contribution >= 4 is 11.6 Å². The molecule has 1 fully saturated rings. The van der Waals surface area contributed by atoms with E-state index in [1.54, 1.807) is 0 Å². The third-order valence-electron chi connectivity index (χ3n) is 4.44. The topological polar surface area (TPSA) is 32.3 Å². The van der Waals surface area contributed by atoms with Crippen LogP contribution < -0.4 is 10.2 Å². The van der Waals surface area contributed by atoms with Crippen molar-refractivity contribution in [1.82, 2.24) is 5.32 Å². The number of benzene rings is 1. The number of rotatable bonds is 4. The summed E-state index contributed by atoms with van der Waals surface area (Å²) >= 11 is 0. The lowest BCUT2D eigenvalue weighted by atomic mass is 9.74. The van der Waals surface area contributed by atoms with Crippen LogP contribution in [0.3, 0.4) is 0 Å². The summed E-state index contributed by atoms with van der Waals surface area (Å²) in [6.07, 6.45) is 3.96. The van der Waals surface area contributed by atoms with E-state index in [-0.39, 0.29) is 11.3 Å². The zero-order valence-corrected chi connectivity index (χ0v) is 12.9. The van der Waals surface area contributed by atoms with Crippen molar-refractivity contribution < 1.29 is 4.79 Å². The van der Waals surface area contributed by atoms with Crippen LogP contribution in [-0.4, -0.2) is 26.0 Å². The fourth-order valence-electron chi connectivity index (χ4n) is 3.26. The smallest absolute Gasteiger partial charge is 0.233 e. The summed E-state index contributed by atoms with van der Waals surface area (Å²) in [4.78, 5) is 14.9. The Balaban J connectivity index is 2.22. The summed E-state index contributed by atoms with van der Waals surface area (Å²) in [6, 6.07) is 8.18. The number of carbonyl (C=O) groups is 1. The molecule has 3 nitrogen and oxygen atoms in total. The molecule has 1 aromatic carbocycles. The van der Waals surface area contributed by atoms with Crippen molar-refractivity contribution in [3.63, 3.8) is 0 Å². The maximum atomic E-state index is 13.0. The predicted octanol–water partition coefficient (Wildman–Crippen LogP) is 3.13. The van der Waals surface area contributed by atoms with Crippen molar-refractivity contribution in [2.45, 2.75) is 39.5 Å². The van der Waals surface area contributed by atoms with Gasteiger partial charge in [0.05, 0.1) is 5.41 Å². The first-order valence-corrected chi connectivity index (χ1v) is 7.64.